The largest absolute Gasteiger partial charge is 0.453 e. The Morgan fingerprint density at radius 1 is 1.18 bits per heavy atom. The van der Waals surface area contributed by atoms with E-state index in [-0.39, 0.29) is 35.4 Å². The lowest BCUT2D eigenvalue weighted by Crippen LogP contribution is -2.52. The molecule has 0 saturated carbocycles. The van der Waals surface area contributed by atoms with Crippen LogP contribution in [0.1, 0.15) is 68.3 Å². The number of hydrazine groups is 1. The minimum Gasteiger partial charge on any atom is -0.453 e. The molecule has 2 amide bonds. The van der Waals surface area contributed by atoms with Crippen molar-refractivity contribution in [1.82, 2.24) is 21.1 Å². The van der Waals surface area contributed by atoms with E-state index in [1.807, 2.05) is 62.9 Å². The second-order valence-corrected chi connectivity index (χ2v) is 11.6. The van der Waals surface area contributed by atoms with Gasteiger partial charge in [0.25, 0.3) is 0 Å². The summed E-state index contributed by atoms with van der Waals surface area (Å²) in [6.07, 6.45) is 0.842. The summed E-state index contributed by atoms with van der Waals surface area (Å²) in [6.45, 7) is 12.7. The van der Waals surface area contributed by atoms with Gasteiger partial charge in [0.1, 0.15) is 0 Å². The van der Waals surface area contributed by atoms with E-state index in [9.17, 15) is 9.59 Å². The molecule has 1 aliphatic carbocycles. The average Bonchev–Trinajstić information content (AvgIpc) is 3.38. The maximum atomic E-state index is 14.2. The highest BCUT2D eigenvalue weighted by molar-refractivity contribution is 5.88. The summed E-state index contributed by atoms with van der Waals surface area (Å²) in [5.41, 5.74) is 10.4. The molecular formula is C30H38N4O4. The normalized spacial score (nSPS) is 26.1. The average molecular weight is 519 g/mol. The molecule has 0 bridgehead atoms. The van der Waals surface area contributed by atoms with Gasteiger partial charge in [-0.05, 0) is 35.4 Å². The number of fused-ring (bicyclic) bond motifs is 7. The van der Waals surface area contributed by atoms with Gasteiger partial charge in [-0.2, -0.15) is 0 Å². The third kappa shape index (κ3) is 4.35. The first-order chi connectivity index (χ1) is 18.1. The van der Waals surface area contributed by atoms with Crippen LogP contribution in [0.4, 0.5) is 4.79 Å². The number of benzene rings is 2. The van der Waals surface area contributed by atoms with E-state index in [1.165, 1.54) is 18.2 Å². The summed E-state index contributed by atoms with van der Waals surface area (Å²) < 4.78 is 11.5. The second-order valence-electron chi connectivity index (χ2n) is 11.6. The predicted molar refractivity (Wildman–Crippen MR) is 145 cm³/mol. The third-order valence-electron chi connectivity index (χ3n) is 8.11. The van der Waals surface area contributed by atoms with Gasteiger partial charge >= 0.3 is 6.09 Å². The van der Waals surface area contributed by atoms with Gasteiger partial charge in [-0.25, -0.2) is 10.2 Å². The first-order valence-corrected chi connectivity index (χ1v) is 13.3. The molecule has 8 heteroatoms. The quantitative estimate of drug-likeness (QED) is 0.375. The molecule has 8 nitrogen and oxygen atoms in total. The summed E-state index contributed by atoms with van der Waals surface area (Å²) in [6, 6.07) is 16.1. The molecule has 2 aromatic rings. The maximum absolute atomic E-state index is 14.2. The van der Waals surface area contributed by atoms with Crippen molar-refractivity contribution in [3.8, 4) is 0 Å². The van der Waals surface area contributed by atoms with Crippen LogP contribution in [0.15, 0.2) is 60.8 Å². The number of rotatable bonds is 7. The van der Waals surface area contributed by atoms with Gasteiger partial charge < -0.3 is 25.1 Å². The Morgan fingerprint density at radius 2 is 1.87 bits per heavy atom. The van der Waals surface area contributed by atoms with Crippen LogP contribution in [0.3, 0.4) is 0 Å². The van der Waals surface area contributed by atoms with Crippen molar-refractivity contribution in [1.29, 1.82) is 0 Å². The molecule has 2 aromatic carbocycles. The molecule has 0 aromatic heterocycles. The van der Waals surface area contributed by atoms with Crippen molar-refractivity contribution in [2.24, 2.45) is 5.41 Å². The Morgan fingerprint density at radius 3 is 2.58 bits per heavy atom. The van der Waals surface area contributed by atoms with Gasteiger partial charge in [-0.1, -0.05) is 75.9 Å². The van der Waals surface area contributed by atoms with Gasteiger partial charge in [0, 0.05) is 24.2 Å². The predicted octanol–water partition coefficient (Wildman–Crippen LogP) is 4.25. The third-order valence-corrected chi connectivity index (χ3v) is 8.11. The Kier molecular flexibility index (Phi) is 6.73. The number of nitrogens with one attached hydrogen (secondary N) is 3. The van der Waals surface area contributed by atoms with Crippen molar-refractivity contribution < 1.29 is 19.1 Å². The molecule has 4 unspecified atom stereocenters. The second kappa shape index (κ2) is 9.75. The molecule has 1 saturated heterocycles. The van der Waals surface area contributed by atoms with E-state index in [4.69, 9.17) is 9.47 Å². The zero-order chi connectivity index (χ0) is 27.2. The zero-order valence-electron chi connectivity index (χ0n) is 22.8. The number of hydrogen-bond donors (Lipinski definition) is 3. The number of carbonyl (C=O) groups is 2. The minimum atomic E-state index is -0.785. The minimum absolute atomic E-state index is 0.0482. The summed E-state index contributed by atoms with van der Waals surface area (Å²) >= 11 is 0. The molecule has 0 radical (unpaired) electrons. The van der Waals surface area contributed by atoms with Gasteiger partial charge in [-0.15, -0.1) is 0 Å². The number of methoxy groups -OCH3 is 1. The number of hydrogen-bond acceptors (Lipinski definition) is 6. The van der Waals surface area contributed by atoms with Crippen LogP contribution in [-0.2, 0) is 26.4 Å². The fourth-order valence-electron chi connectivity index (χ4n) is 6.38. The van der Waals surface area contributed by atoms with Crippen LogP contribution < -0.4 is 16.2 Å². The van der Waals surface area contributed by atoms with Crippen LogP contribution in [0.25, 0.3) is 0 Å². The van der Waals surface area contributed by atoms with E-state index in [0.717, 1.165) is 17.5 Å². The Hall–Kier alpha value is -3.36. The van der Waals surface area contributed by atoms with Crippen molar-refractivity contribution >= 4 is 12.0 Å². The SMILES string of the molecule is C=C(NNCCC1C(=O)N2C3c4ccccc4C[C@H]3OC2(C)c2ccccc21)C(NC(=O)OC)C(C)(C)C. The van der Waals surface area contributed by atoms with E-state index >= 15 is 0 Å². The molecular weight excluding hydrogens is 480 g/mol. The number of alkyl carbamates (subject to hydrolysis) is 1. The monoisotopic (exact) mass is 518 g/mol. The number of ether oxygens (including phenoxy) is 2. The Bertz CT molecular complexity index is 1250. The van der Waals surface area contributed by atoms with Gasteiger partial charge in [0.15, 0.2) is 5.72 Å². The van der Waals surface area contributed by atoms with Gasteiger partial charge in [0.05, 0.1) is 31.2 Å². The zero-order valence-corrected chi connectivity index (χ0v) is 22.8. The topological polar surface area (TPSA) is 91.9 Å². The van der Waals surface area contributed by atoms with Crippen molar-refractivity contribution in [3.63, 3.8) is 0 Å². The van der Waals surface area contributed by atoms with Crippen molar-refractivity contribution in [2.75, 3.05) is 13.7 Å². The van der Waals surface area contributed by atoms with E-state index in [0.29, 0.717) is 18.7 Å². The summed E-state index contributed by atoms with van der Waals surface area (Å²) in [4.78, 5) is 28.0. The fraction of sp³-hybridized carbons (Fsp3) is 0.467. The van der Waals surface area contributed by atoms with Crippen LogP contribution >= 0.6 is 0 Å². The van der Waals surface area contributed by atoms with E-state index < -0.39 is 11.8 Å². The number of carbonyl (C=O) groups excluding carboxylic acids is 2. The first kappa shape index (κ1) is 26.3. The molecule has 2 aliphatic heterocycles. The molecule has 202 valence electrons. The molecule has 5 rings (SSSR count). The smallest absolute Gasteiger partial charge is 0.407 e. The molecule has 3 aliphatic rings. The summed E-state index contributed by atoms with van der Waals surface area (Å²) in [7, 11) is 1.34. The first-order valence-electron chi connectivity index (χ1n) is 13.3. The van der Waals surface area contributed by atoms with E-state index in [1.54, 1.807) is 0 Å². The lowest BCUT2D eigenvalue weighted by molar-refractivity contribution is -0.158. The van der Waals surface area contributed by atoms with E-state index in [2.05, 4.69) is 40.9 Å². The highest BCUT2D eigenvalue weighted by Gasteiger charge is 2.60. The molecule has 3 N–H and O–H groups in total. The maximum Gasteiger partial charge on any atom is 0.407 e. The summed E-state index contributed by atoms with van der Waals surface area (Å²) in [5.74, 6) is -0.209. The summed E-state index contributed by atoms with van der Waals surface area (Å²) in [5, 5.41) is 2.84. The lowest BCUT2D eigenvalue weighted by Gasteiger charge is -2.45. The Labute approximate surface area is 224 Å². The lowest BCUT2D eigenvalue weighted by atomic mass is 9.81. The van der Waals surface area contributed by atoms with Gasteiger partial charge in [0.2, 0.25) is 5.91 Å². The highest BCUT2D eigenvalue weighted by Crippen LogP contribution is 2.56. The van der Waals surface area contributed by atoms with Crippen molar-refractivity contribution in [2.45, 2.75) is 70.4 Å². The molecule has 1 fully saturated rings. The molecule has 5 atom stereocenters. The van der Waals surface area contributed by atoms with Crippen LogP contribution in [-0.4, -0.2) is 42.7 Å². The van der Waals surface area contributed by atoms with Crippen LogP contribution in [0.2, 0.25) is 0 Å². The van der Waals surface area contributed by atoms with Crippen LogP contribution in [0, 0.1) is 5.41 Å². The van der Waals surface area contributed by atoms with Crippen LogP contribution in [0.5, 0.6) is 0 Å². The number of nitrogens with zero attached hydrogens (tertiary/aromatic N) is 1. The Balaban J connectivity index is 1.32. The molecule has 2 heterocycles. The number of amides is 2. The highest BCUT2D eigenvalue weighted by atomic mass is 16.5. The molecule has 38 heavy (non-hydrogen) atoms. The standard InChI is InChI=1S/C30H38N4O4/c1-18(26(29(2,3)4)32-28(36)37-6)33-31-16-15-22-21-13-9-10-14-23(21)30(5)34(27(22)35)25-20-12-8-7-11-19(20)17-24(25)38-30/h7-14,22,24-26,31,33H,1,15-17H2,2-6H3,(H,32,36)/t22?,24-,25?,26?,30?/m1/s1. The fourth-order valence-corrected chi connectivity index (χ4v) is 6.38. The van der Waals surface area contributed by atoms with Crippen molar-refractivity contribution in [3.05, 3.63) is 83.1 Å². The van der Waals surface area contributed by atoms with Gasteiger partial charge in [-0.3, -0.25) is 4.79 Å². The molecule has 0 spiro atoms.